The van der Waals surface area contributed by atoms with Crippen molar-refractivity contribution in [3.05, 3.63) is 0 Å². The van der Waals surface area contributed by atoms with Gasteiger partial charge < -0.3 is 15.5 Å². The summed E-state index contributed by atoms with van der Waals surface area (Å²) in [6, 6.07) is 0.158. The summed E-state index contributed by atoms with van der Waals surface area (Å²) in [7, 11) is 0. The van der Waals surface area contributed by atoms with Gasteiger partial charge in [0, 0.05) is 32.0 Å². The number of carbonyl (C=O) groups is 2. The second-order valence-electron chi connectivity index (χ2n) is 5.98. The number of likely N-dealkylation sites (tertiary alicyclic amines) is 1. The summed E-state index contributed by atoms with van der Waals surface area (Å²) >= 11 is 0. The van der Waals surface area contributed by atoms with Crippen molar-refractivity contribution in [1.82, 2.24) is 15.5 Å². The van der Waals surface area contributed by atoms with E-state index in [1.54, 1.807) is 0 Å². The van der Waals surface area contributed by atoms with E-state index in [1.807, 2.05) is 11.8 Å². The maximum absolute atomic E-state index is 12.0. The van der Waals surface area contributed by atoms with Crippen molar-refractivity contribution >= 4 is 11.8 Å². The van der Waals surface area contributed by atoms with Crippen LogP contribution < -0.4 is 10.6 Å². The molecule has 0 aromatic rings. The van der Waals surface area contributed by atoms with Gasteiger partial charge in [-0.15, -0.1) is 0 Å². The zero-order valence-corrected chi connectivity index (χ0v) is 12.5. The number of hydrogen-bond acceptors (Lipinski definition) is 3. The fourth-order valence-electron chi connectivity index (χ4n) is 3.13. The molecule has 0 aromatic heterocycles. The van der Waals surface area contributed by atoms with Crippen molar-refractivity contribution in [2.75, 3.05) is 26.2 Å². The average molecular weight is 281 g/mol. The fraction of sp³-hybridized carbons (Fsp3) is 0.867. The first-order valence-corrected chi connectivity index (χ1v) is 7.97. The van der Waals surface area contributed by atoms with Crippen LogP contribution >= 0.6 is 0 Å². The predicted molar refractivity (Wildman–Crippen MR) is 78.2 cm³/mol. The van der Waals surface area contributed by atoms with Gasteiger partial charge in [-0.3, -0.25) is 9.59 Å². The van der Waals surface area contributed by atoms with Crippen molar-refractivity contribution in [2.24, 2.45) is 5.92 Å². The highest BCUT2D eigenvalue weighted by Gasteiger charge is 2.26. The van der Waals surface area contributed by atoms with Gasteiger partial charge in [0.15, 0.2) is 0 Å². The molecule has 2 amide bonds. The van der Waals surface area contributed by atoms with E-state index >= 15 is 0 Å². The van der Waals surface area contributed by atoms with Crippen LogP contribution in [0.5, 0.6) is 0 Å². The van der Waals surface area contributed by atoms with E-state index in [4.69, 9.17) is 0 Å². The molecular formula is C15H27N3O2. The van der Waals surface area contributed by atoms with Gasteiger partial charge in [-0.1, -0.05) is 6.92 Å². The minimum absolute atomic E-state index is 0.152. The van der Waals surface area contributed by atoms with Crippen LogP contribution in [0.1, 0.15) is 45.4 Å². The summed E-state index contributed by atoms with van der Waals surface area (Å²) in [4.78, 5) is 25.4. The van der Waals surface area contributed by atoms with Crippen LogP contribution in [0.15, 0.2) is 0 Å². The smallest absolute Gasteiger partial charge is 0.222 e. The third-order valence-electron chi connectivity index (χ3n) is 4.45. The van der Waals surface area contributed by atoms with E-state index in [9.17, 15) is 9.59 Å². The lowest BCUT2D eigenvalue weighted by molar-refractivity contribution is -0.130. The van der Waals surface area contributed by atoms with Crippen LogP contribution in [0.4, 0.5) is 0 Å². The molecule has 2 fully saturated rings. The maximum atomic E-state index is 12.0. The molecule has 0 aromatic carbocycles. The van der Waals surface area contributed by atoms with E-state index in [2.05, 4.69) is 10.6 Å². The quantitative estimate of drug-likeness (QED) is 0.787. The van der Waals surface area contributed by atoms with Gasteiger partial charge in [-0.25, -0.2) is 0 Å². The molecular weight excluding hydrogens is 254 g/mol. The molecule has 0 spiro atoms. The van der Waals surface area contributed by atoms with Crippen molar-refractivity contribution < 1.29 is 9.59 Å². The number of amides is 2. The first-order valence-electron chi connectivity index (χ1n) is 7.97. The third kappa shape index (κ3) is 4.47. The highest BCUT2D eigenvalue weighted by Crippen LogP contribution is 2.18. The van der Waals surface area contributed by atoms with E-state index in [-0.39, 0.29) is 17.9 Å². The molecule has 0 aliphatic carbocycles. The van der Waals surface area contributed by atoms with E-state index < -0.39 is 0 Å². The lowest BCUT2D eigenvalue weighted by atomic mass is 9.93. The first kappa shape index (κ1) is 15.3. The normalized spacial score (nSPS) is 23.9. The Balaban J connectivity index is 1.63. The molecule has 20 heavy (non-hydrogen) atoms. The maximum Gasteiger partial charge on any atom is 0.222 e. The minimum Gasteiger partial charge on any atom is -0.352 e. The molecule has 2 N–H and O–H groups in total. The Morgan fingerprint density at radius 2 is 2.00 bits per heavy atom. The van der Waals surface area contributed by atoms with Crippen LogP contribution in [0.25, 0.3) is 0 Å². The van der Waals surface area contributed by atoms with Crippen LogP contribution in [0.3, 0.4) is 0 Å². The Labute approximate surface area is 121 Å². The fourth-order valence-corrected chi connectivity index (χ4v) is 3.13. The topological polar surface area (TPSA) is 61.4 Å². The van der Waals surface area contributed by atoms with Crippen molar-refractivity contribution in [2.45, 2.75) is 51.5 Å². The van der Waals surface area contributed by atoms with Gasteiger partial charge in [0.05, 0.1) is 0 Å². The monoisotopic (exact) mass is 281 g/mol. The molecule has 5 heteroatoms. The molecule has 114 valence electrons. The summed E-state index contributed by atoms with van der Waals surface area (Å²) in [6.45, 7) is 5.52. The SMILES string of the molecule is CCC(=O)N1CCC(NC(=O)CCC2CCNCC2)C1. The number of rotatable bonds is 5. The lowest BCUT2D eigenvalue weighted by Crippen LogP contribution is -2.38. The van der Waals surface area contributed by atoms with Gasteiger partial charge >= 0.3 is 0 Å². The number of nitrogens with zero attached hydrogens (tertiary/aromatic N) is 1. The summed E-state index contributed by atoms with van der Waals surface area (Å²) in [6.07, 6.45) is 5.45. The average Bonchev–Trinajstić information content (AvgIpc) is 2.94. The van der Waals surface area contributed by atoms with Gasteiger partial charge in [0.25, 0.3) is 0 Å². The Morgan fingerprint density at radius 3 is 2.70 bits per heavy atom. The zero-order valence-electron chi connectivity index (χ0n) is 12.5. The molecule has 2 heterocycles. The number of carbonyl (C=O) groups excluding carboxylic acids is 2. The van der Waals surface area contributed by atoms with E-state index in [1.165, 1.54) is 12.8 Å². The van der Waals surface area contributed by atoms with Gasteiger partial charge in [-0.2, -0.15) is 0 Å². The molecule has 2 saturated heterocycles. The second kappa shape index (κ2) is 7.62. The summed E-state index contributed by atoms with van der Waals surface area (Å²) in [5, 5.41) is 6.42. The van der Waals surface area contributed by atoms with Gasteiger partial charge in [0.2, 0.25) is 11.8 Å². The Bertz CT molecular complexity index is 340. The van der Waals surface area contributed by atoms with Crippen LogP contribution in [-0.4, -0.2) is 48.9 Å². The molecule has 0 saturated carbocycles. The molecule has 0 bridgehead atoms. The van der Waals surface area contributed by atoms with Gasteiger partial charge in [-0.05, 0) is 44.7 Å². The van der Waals surface area contributed by atoms with Gasteiger partial charge in [0.1, 0.15) is 0 Å². The predicted octanol–water partition coefficient (Wildman–Crippen LogP) is 0.893. The summed E-state index contributed by atoms with van der Waals surface area (Å²) < 4.78 is 0. The number of hydrogen-bond donors (Lipinski definition) is 2. The molecule has 2 aliphatic rings. The molecule has 2 rings (SSSR count). The third-order valence-corrected chi connectivity index (χ3v) is 4.45. The zero-order chi connectivity index (χ0) is 14.4. The van der Waals surface area contributed by atoms with Crippen LogP contribution in [0, 0.1) is 5.92 Å². The standard InChI is InChI=1S/C15H27N3O2/c1-2-15(20)18-10-7-13(11-18)17-14(19)4-3-12-5-8-16-9-6-12/h12-13,16H,2-11H2,1H3,(H,17,19). The first-order chi connectivity index (χ1) is 9.69. The van der Waals surface area contributed by atoms with E-state index in [0.717, 1.165) is 32.5 Å². The van der Waals surface area contributed by atoms with Crippen molar-refractivity contribution in [1.29, 1.82) is 0 Å². The molecule has 1 unspecified atom stereocenters. The second-order valence-corrected chi connectivity index (χ2v) is 5.98. The Kier molecular flexibility index (Phi) is 5.83. The highest BCUT2D eigenvalue weighted by atomic mass is 16.2. The largest absolute Gasteiger partial charge is 0.352 e. The van der Waals surface area contributed by atoms with Crippen LogP contribution in [0.2, 0.25) is 0 Å². The highest BCUT2D eigenvalue weighted by molar-refractivity contribution is 5.78. The number of nitrogens with one attached hydrogen (secondary N) is 2. The minimum atomic E-state index is 0.152. The Morgan fingerprint density at radius 1 is 1.25 bits per heavy atom. The summed E-state index contributed by atoms with van der Waals surface area (Å²) in [5.41, 5.74) is 0. The summed E-state index contributed by atoms with van der Waals surface area (Å²) in [5.74, 6) is 1.04. The van der Waals surface area contributed by atoms with E-state index in [0.29, 0.717) is 25.3 Å². The van der Waals surface area contributed by atoms with Crippen molar-refractivity contribution in [3.8, 4) is 0 Å². The Hall–Kier alpha value is -1.10. The van der Waals surface area contributed by atoms with Crippen molar-refractivity contribution in [3.63, 3.8) is 0 Å². The molecule has 2 aliphatic heterocycles. The molecule has 1 atom stereocenters. The molecule has 5 nitrogen and oxygen atoms in total. The lowest BCUT2D eigenvalue weighted by Gasteiger charge is -2.22. The molecule has 0 radical (unpaired) electrons. The van der Waals surface area contributed by atoms with Crippen LogP contribution in [-0.2, 0) is 9.59 Å². The number of piperidine rings is 1.